The molecule has 1 aliphatic carbocycles. The molecule has 1 fully saturated rings. The van der Waals surface area contributed by atoms with Gasteiger partial charge in [0.05, 0.1) is 0 Å². The Labute approximate surface area is 122 Å². The quantitative estimate of drug-likeness (QED) is 0.766. The van der Waals surface area contributed by atoms with Crippen molar-refractivity contribution < 1.29 is 5.11 Å². The number of anilines is 1. The van der Waals surface area contributed by atoms with E-state index in [4.69, 9.17) is 5.11 Å². The average molecular weight is 277 g/mol. The Hall–Kier alpha value is -1.13. The predicted octanol–water partition coefficient (Wildman–Crippen LogP) is 2.49. The summed E-state index contributed by atoms with van der Waals surface area (Å²) in [7, 11) is 0. The zero-order valence-corrected chi connectivity index (χ0v) is 12.7. The van der Waals surface area contributed by atoms with Crippen LogP contribution in [0.4, 0.5) is 5.82 Å². The van der Waals surface area contributed by atoms with Gasteiger partial charge in [-0.15, -0.1) is 0 Å². The molecule has 0 saturated heterocycles. The maximum Gasteiger partial charge on any atom is 0.128 e. The molecule has 2 N–H and O–H groups in total. The average Bonchev–Trinajstić information content (AvgIpc) is 2.42. The lowest BCUT2D eigenvalue weighted by atomic mass is 9.91. The van der Waals surface area contributed by atoms with Gasteiger partial charge in [0.25, 0.3) is 0 Å². The minimum absolute atomic E-state index is 0.249. The van der Waals surface area contributed by atoms with Gasteiger partial charge in [-0.1, -0.05) is 13.0 Å². The lowest BCUT2D eigenvalue weighted by Gasteiger charge is -2.38. The molecule has 112 valence electrons. The van der Waals surface area contributed by atoms with E-state index < -0.39 is 0 Å². The Morgan fingerprint density at radius 3 is 2.75 bits per heavy atom. The maximum atomic E-state index is 9.06. The molecule has 0 amide bonds. The first-order chi connectivity index (χ1) is 9.76. The summed E-state index contributed by atoms with van der Waals surface area (Å²) in [5.41, 5.74) is 1.23. The Morgan fingerprint density at radius 2 is 2.25 bits per heavy atom. The second-order valence-corrected chi connectivity index (χ2v) is 5.58. The van der Waals surface area contributed by atoms with Crippen molar-refractivity contribution >= 4 is 5.82 Å². The van der Waals surface area contributed by atoms with Gasteiger partial charge in [-0.25, -0.2) is 4.98 Å². The van der Waals surface area contributed by atoms with Crippen molar-refractivity contribution in [1.82, 2.24) is 10.3 Å². The predicted molar refractivity (Wildman–Crippen MR) is 83.0 cm³/mol. The number of aromatic nitrogens is 1. The number of hydrogen-bond acceptors (Lipinski definition) is 4. The van der Waals surface area contributed by atoms with E-state index >= 15 is 0 Å². The van der Waals surface area contributed by atoms with Crippen LogP contribution in [0, 0.1) is 0 Å². The van der Waals surface area contributed by atoms with E-state index in [1.54, 1.807) is 0 Å². The SMILES string of the molecule is CCNC(C)c1ccc(N(CCCO)C2CCC2)nc1. The second-order valence-electron chi connectivity index (χ2n) is 5.58. The van der Waals surface area contributed by atoms with Crippen LogP contribution in [0.2, 0.25) is 0 Å². The lowest BCUT2D eigenvalue weighted by Crippen LogP contribution is -2.41. The summed E-state index contributed by atoms with van der Waals surface area (Å²) in [5, 5.41) is 12.5. The Balaban J connectivity index is 2.04. The van der Waals surface area contributed by atoms with Crippen LogP contribution < -0.4 is 10.2 Å². The first-order valence-corrected chi connectivity index (χ1v) is 7.83. The van der Waals surface area contributed by atoms with Crippen molar-refractivity contribution in [3.05, 3.63) is 23.9 Å². The van der Waals surface area contributed by atoms with Crippen molar-refractivity contribution in [3.63, 3.8) is 0 Å². The second kappa shape index (κ2) is 7.60. The van der Waals surface area contributed by atoms with Gasteiger partial charge < -0.3 is 15.3 Å². The third-order valence-electron chi connectivity index (χ3n) is 4.15. The van der Waals surface area contributed by atoms with Crippen LogP contribution in [0.5, 0.6) is 0 Å². The van der Waals surface area contributed by atoms with E-state index in [-0.39, 0.29) is 6.61 Å². The Bertz CT molecular complexity index is 389. The standard InChI is InChI=1S/C16H27N3O/c1-3-17-13(2)14-8-9-16(18-12-14)19(10-5-11-20)15-6-4-7-15/h8-9,12-13,15,17,20H,3-7,10-11H2,1-2H3. The number of nitrogens with zero attached hydrogens (tertiary/aromatic N) is 2. The summed E-state index contributed by atoms with van der Waals surface area (Å²) in [6, 6.07) is 5.25. The van der Waals surface area contributed by atoms with Crippen LogP contribution >= 0.6 is 0 Å². The summed E-state index contributed by atoms with van der Waals surface area (Å²) in [6.07, 6.45) is 6.61. The number of pyridine rings is 1. The van der Waals surface area contributed by atoms with Gasteiger partial charge in [0.1, 0.15) is 5.82 Å². The lowest BCUT2D eigenvalue weighted by molar-refractivity contribution is 0.282. The zero-order chi connectivity index (χ0) is 14.4. The summed E-state index contributed by atoms with van der Waals surface area (Å²) in [4.78, 5) is 7.00. The van der Waals surface area contributed by atoms with E-state index in [2.05, 4.69) is 41.2 Å². The van der Waals surface area contributed by atoms with Crippen LogP contribution in [0.25, 0.3) is 0 Å². The smallest absolute Gasteiger partial charge is 0.128 e. The molecule has 0 spiro atoms. The Morgan fingerprint density at radius 1 is 1.45 bits per heavy atom. The molecule has 1 unspecified atom stereocenters. The third-order valence-corrected chi connectivity index (χ3v) is 4.15. The van der Waals surface area contributed by atoms with Crippen molar-refractivity contribution in [3.8, 4) is 0 Å². The number of hydrogen-bond donors (Lipinski definition) is 2. The molecule has 4 nitrogen and oxygen atoms in total. The van der Waals surface area contributed by atoms with Gasteiger partial charge in [-0.3, -0.25) is 0 Å². The molecule has 0 aromatic carbocycles. The molecule has 1 atom stereocenters. The van der Waals surface area contributed by atoms with Gasteiger partial charge in [0.15, 0.2) is 0 Å². The summed E-state index contributed by atoms with van der Waals surface area (Å²) in [6.45, 7) is 6.39. The van der Waals surface area contributed by atoms with Crippen LogP contribution in [0.15, 0.2) is 18.3 Å². The van der Waals surface area contributed by atoms with E-state index in [1.807, 2.05) is 6.20 Å². The molecule has 20 heavy (non-hydrogen) atoms. The molecule has 0 bridgehead atoms. The summed E-state index contributed by atoms with van der Waals surface area (Å²) >= 11 is 0. The van der Waals surface area contributed by atoms with Crippen LogP contribution in [0.1, 0.15) is 51.1 Å². The number of aliphatic hydroxyl groups excluding tert-OH is 1. The molecule has 4 heteroatoms. The molecule has 1 saturated carbocycles. The van der Waals surface area contributed by atoms with Gasteiger partial charge in [0.2, 0.25) is 0 Å². The molecule has 1 aromatic rings. The molecule has 1 heterocycles. The fraction of sp³-hybridized carbons (Fsp3) is 0.688. The third kappa shape index (κ3) is 3.70. The number of nitrogens with one attached hydrogen (secondary N) is 1. The number of rotatable bonds is 8. The molecular weight excluding hydrogens is 250 g/mol. The van der Waals surface area contributed by atoms with E-state index in [0.29, 0.717) is 12.1 Å². The highest BCUT2D eigenvalue weighted by Crippen LogP contribution is 2.29. The summed E-state index contributed by atoms with van der Waals surface area (Å²) < 4.78 is 0. The van der Waals surface area contributed by atoms with Crippen LogP contribution in [0.3, 0.4) is 0 Å². The van der Waals surface area contributed by atoms with Crippen LogP contribution in [-0.2, 0) is 0 Å². The number of aliphatic hydroxyl groups is 1. The van der Waals surface area contributed by atoms with Gasteiger partial charge in [-0.2, -0.15) is 0 Å². The van der Waals surface area contributed by atoms with Gasteiger partial charge in [0, 0.05) is 31.4 Å². The maximum absolute atomic E-state index is 9.06. The fourth-order valence-corrected chi connectivity index (χ4v) is 2.67. The molecule has 2 rings (SSSR count). The molecule has 0 radical (unpaired) electrons. The first-order valence-electron chi connectivity index (χ1n) is 7.83. The van der Waals surface area contributed by atoms with Crippen molar-refractivity contribution in [2.45, 2.75) is 51.6 Å². The van der Waals surface area contributed by atoms with E-state index in [0.717, 1.165) is 25.3 Å². The highest BCUT2D eigenvalue weighted by Gasteiger charge is 2.25. The minimum atomic E-state index is 0.249. The Kier molecular flexibility index (Phi) is 5.80. The largest absolute Gasteiger partial charge is 0.396 e. The van der Waals surface area contributed by atoms with Crippen LogP contribution in [-0.4, -0.2) is 35.8 Å². The highest BCUT2D eigenvalue weighted by atomic mass is 16.3. The fourth-order valence-electron chi connectivity index (χ4n) is 2.67. The van der Waals surface area contributed by atoms with E-state index in [1.165, 1.54) is 24.8 Å². The monoisotopic (exact) mass is 277 g/mol. The van der Waals surface area contributed by atoms with Gasteiger partial charge >= 0.3 is 0 Å². The molecular formula is C16H27N3O. The van der Waals surface area contributed by atoms with Crippen molar-refractivity contribution in [2.75, 3.05) is 24.6 Å². The highest BCUT2D eigenvalue weighted by molar-refractivity contribution is 5.41. The molecule has 1 aliphatic rings. The minimum Gasteiger partial charge on any atom is -0.396 e. The zero-order valence-electron chi connectivity index (χ0n) is 12.7. The first kappa shape index (κ1) is 15.3. The molecule has 1 aromatic heterocycles. The normalized spacial score (nSPS) is 16.8. The topological polar surface area (TPSA) is 48.4 Å². The summed E-state index contributed by atoms with van der Waals surface area (Å²) in [5.74, 6) is 1.05. The van der Waals surface area contributed by atoms with Gasteiger partial charge in [-0.05, 0) is 50.8 Å². The van der Waals surface area contributed by atoms with Crippen molar-refractivity contribution in [1.29, 1.82) is 0 Å². The van der Waals surface area contributed by atoms with Crippen molar-refractivity contribution in [2.24, 2.45) is 0 Å². The molecule has 0 aliphatic heterocycles. The van der Waals surface area contributed by atoms with E-state index in [9.17, 15) is 0 Å².